The third-order valence-electron chi connectivity index (χ3n) is 4.75. The van der Waals surface area contributed by atoms with Crippen LogP contribution in [-0.4, -0.2) is 59.2 Å². The van der Waals surface area contributed by atoms with Crippen molar-refractivity contribution in [3.05, 3.63) is 0 Å². The molecule has 12 nitrogen and oxygen atoms in total. The largest absolute Gasteiger partial charge is 1.00 e. The van der Waals surface area contributed by atoms with Crippen LogP contribution in [0.1, 0.15) is 64.7 Å². The van der Waals surface area contributed by atoms with E-state index in [-0.39, 0.29) is 52.6 Å². The minimum Gasteiger partial charge on any atom is -0.747 e. The van der Waals surface area contributed by atoms with E-state index in [2.05, 4.69) is 20.4 Å². The Kier molecular flexibility index (Phi) is 10.7. The predicted octanol–water partition coefficient (Wildman–Crippen LogP) is -2.46. The van der Waals surface area contributed by atoms with Gasteiger partial charge in [0.25, 0.3) is 11.8 Å². The molecule has 1 atom stereocenters. The summed E-state index contributed by atoms with van der Waals surface area (Å²) in [6.45, 7) is 2.43. The minimum absolute atomic E-state index is 0. The van der Waals surface area contributed by atoms with Gasteiger partial charge in [-0.2, -0.15) is 10.2 Å². The summed E-state index contributed by atoms with van der Waals surface area (Å²) >= 11 is 0. The molecule has 2 aliphatic rings. The fraction of sp³-hybridized carbons (Fsp3) is 0.765. The quantitative estimate of drug-likeness (QED) is 0.134. The first-order valence-corrected chi connectivity index (χ1v) is 11.2. The second-order valence-corrected chi connectivity index (χ2v) is 9.01. The number of nitrogens with zero attached hydrogens (tertiary/aromatic N) is 3. The second-order valence-electron chi connectivity index (χ2n) is 7.46. The van der Waals surface area contributed by atoms with Gasteiger partial charge in [-0.15, -0.1) is 5.06 Å². The number of unbranched alkanes of at least 4 members (excludes halogenated alkanes) is 4. The van der Waals surface area contributed by atoms with Gasteiger partial charge >= 0.3 is 35.5 Å². The number of hydrogen-bond donors (Lipinski definition) is 1. The Bertz CT molecular complexity index is 826. The molecule has 0 saturated carbocycles. The molecule has 14 heteroatoms. The summed E-state index contributed by atoms with van der Waals surface area (Å²) in [4.78, 5) is 51.3. The molecule has 2 heterocycles. The molecule has 0 aromatic heterocycles. The van der Waals surface area contributed by atoms with Gasteiger partial charge in [-0.05, 0) is 19.8 Å². The molecule has 0 radical (unpaired) electrons. The van der Waals surface area contributed by atoms with E-state index in [1.807, 2.05) is 6.92 Å². The van der Waals surface area contributed by atoms with Crippen molar-refractivity contribution in [3.63, 3.8) is 0 Å². The van der Waals surface area contributed by atoms with E-state index in [9.17, 15) is 32.1 Å². The maximum atomic E-state index is 11.7. The van der Waals surface area contributed by atoms with Crippen LogP contribution in [0.4, 0.5) is 0 Å². The first-order valence-electron chi connectivity index (χ1n) is 9.75. The average Bonchev–Trinajstić information content (AvgIpc) is 3.33. The van der Waals surface area contributed by atoms with Gasteiger partial charge in [0.1, 0.15) is 15.4 Å². The van der Waals surface area contributed by atoms with Gasteiger partial charge in [-0.3, -0.25) is 14.4 Å². The number of hydroxylamine groups is 2. The number of carbonyl (C=O) groups excluding carboxylic acids is 4. The van der Waals surface area contributed by atoms with Crippen molar-refractivity contribution in [1.82, 2.24) is 10.4 Å². The second kappa shape index (κ2) is 12.0. The molecule has 2 rings (SSSR count). The molecule has 3 amide bonds. The van der Waals surface area contributed by atoms with Crippen molar-refractivity contribution in [3.8, 4) is 0 Å². The van der Waals surface area contributed by atoms with Crippen LogP contribution in [0.25, 0.3) is 0 Å². The van der Waals surface area contributed by atoms with Gasteiger partial charge in [0.05, 0.1) is 6.42 Å². The number of rotatable bonds is 13. The fourth-order valence-electron chi connectivity index (χ4n) is 2.83. The van der Waals surface area contributed by atoms with Crippen molar-refractivity contribution in [2.75, 3.05) is 6.54 Å². The Morgan fingerprint density at radius 1 is 1.16 bits per heavy atom. The van der Waals surface area contributed by atoms with Gasteiger partial charge in [-0.25, -0.2) is 13.2 Å². The van der Waals surface area contributed by atoms with Gasteiger partial charge in [0.2, 0.25) is 5.91 Å². The molecule has 1 saturated heterocycles. The van der Waals surface area contributed by atoms with Crippen LogP contribution in [0, 0.1) is 0 Å². The normalized spacial score (nSPS) is 19.2. The Balaban J connectivity index is 0.00000480. The van der Waals surface area contributed by atoms with Crippen LogP contribution in [0.2, 0.25) is 0 Å². The zero-order valence-electron chi connectivity index (χ0n) is 17.7. The van der Waals surface area contributed by atoms with Crippen molar-refractivity contribution in [2.24, 2.45) is 10.2 Å². The summed E-state index contributed by atoms with van der Waals surface area (Å²) in [5.41, 5.74) is -0.372. The molecule has 2 aliphatic heterocycles. The van der Waals surface area contributed by atoms with E-state index >= 15 is 0 Å². The summed E-state index contributed by atoms with van der Waals surface area (Å²) in [6, 6.07) is 0. The Morgan fingerprint density at radius 3 is 2.35 bits per heavy atom. The smallest absolute Gasteiger partial charge is 0.747 e. The molecule has 0 spiro atoms. The maximum Gasteiger partial charge on any atom is 1.00 e. The van der Waals surface area contributed by atoms with Crippen LogP contribution in [0.5, 0.6) is 0 Å². The summed E-state index contributed by atoms with van der Waals surface area (Å²) in [6.07, 6.45) is 3.73. The van der Waals surface area contributed by atoms with Crippen molar-refractivity contribution >= 4 is 33.8 Å². The van der Waals surface area contributed by atoms with Crippen molar-refractivity contribution in [1.29, 1.82) is 0 Å². The maximum absolute atomic E-state index is 11.7. The fourth-order valence-corrected chi connectivity index (χ4v) is 3.52. The van der Waals surface area contributed by atoms with Gasteiger partial charge < -0.3 is 14.7 Å². The summed E-state index contributed by atoms with van der Waals surface area (Å²) in [5.74, 6) is -3.25. The van der Waals surface area contributed by atoms with Crippen LogP contribution >= 0.6 is 0 Å². The number of hydrogen-bond acceptors (Lipinski definition) is 10. The third-order valence-corrected chi connectivity index (χ3v) is 5.82. The SMILES string of the molecule is CC1(CCC(=O)NCCCCCCCC(=O)ON2C(=O)CC(S(=O)(=O)[O-])C2=O)N=N1.[Na+]. The first-order chi connectivity index (χ1) is 14.0. The van der Waals surface area contributed by atoms with E-state index in [1.165, 1.54) is 0 Å². The molecule has 0 bridgehead atoms. The van der Waals surface area contributed by atoms with Crippen LogP contribution in [0.3, 0.4) is 0 Å². The molecule has 1 fully saturated rings. The Morgan fingerprint density at radius 2 is 1.77 bits per heavy atom. The van der Waals surface area contributed by atoms with Gasteiger partial charge in [0.15, 0.2) is 5.66 Å². The Labute approximate surface area is 202 Å². The number of imide groups is 1. The molecule has 0 aromatic carbocycles. The van der Waals surface area contributed by atoms with E-state index < -0.39 is 39.6 Å². The van der Waals surface area contributed by atoms with E-state index in [4.69, 9.17) is 0 Å². The zero-order valence-corrected chi connectivity index (χ0v) is 20.5. The molecule has 0 aliphatic carbocycles. The van der Waals surface area contributed by atoms with Gasteiger partial charge in [0, 0.05) is 25.8 Å². The summed E-state index contributed by atoms with van der Waals surface area (Å²) in [7, 11) is -4.99. The molecule has 0 aromatic rings. The van der Waals surface area contributed by atoms with Crippen LogP contribution in [0.15, 0.2) is 10.2 Å². The van der Waals surface area contributed by atoms with Crippen molar-refractivity contribution < 1.29 is 66.5 Å². The number of carbonyl (C=O) groups is 4. The molecule has 31 heavy (non-hydrogen) atoms. The molecule has 1 N–H and O–H groups in total. The minimum atomic E-state index is -4.99. The average molecular weight is 468 g/mol. The van der Waals surface area contributed by atoms with Crippen LogP contribution < -0.4 is 34.9 Å². The van der Waals surface area contributed by atoms with E-state index in [0.29, 0.717) is 32.2 Å². The van der Waals surface area contributed by atoms with Gasteiger partial charge in [-0.1, -0.05) is 19.3 Å². The Hall–Kier alpha value is -1.41. The predicted molar refractivity (Wildman–Crippen MR) is 99.3 cm³/mol. The molecular weight excluding hydrogens is 443 g/mol. The topological polar surface area (TPSA) is 175 Å². The first kappa shape index (κ1) is 27.6. The molecular formula is C17H25N4NaO8S. The van der Waals surface area contributed by atoms with E-state index in [0.717, 1.165) is 19.3 Å². The monoisotopic (exact) mass is 468 g/mol. The number of amides is 3. The van der Waals surface area contributed by atoms with E-state index in [1.54, 1.807) is 0 Å². The number of nitrogens with one attached hydrogen (secondary N) is 1. The third kappa shape index (κ3) is 9.31. The summed E-state index contributed by atoms with van der Waals surface area (Å²) < 4.78 is 32.8. The van der Waals surface area contributed by atoms with Crippen LogP contribution in [-0.2, 0) is 34.1 Å². The summed E-state index contributed by atoms with van der Waals surface area (Å²) in [5, 5.41) is 8.54. The van der Waals surface area contributed by atoms with Crippen molar-refractivity contribution in [2.45, 2.75) is 75.6 Å². The standard InChI is InChI=1S/C17H26N4O8S.Na/c1-17(19-20-17)9-8-13(22)18-10-6-4-2-3-5-7-15(24)29-21-14(23)11-12(16(21)25)30(26,27)28;/h12H,2-11H2,1H3,(H,18,22)(H,26,27,28);/q;+1/p-1. The zero-order chi connectivity index (χ0) is 22.4. The molecule has 168 valence electrons. The molecule has 1 unspecified atom stereocenters.